The molecule has 9 nitrogen and oxygen atoms in total. The molecule has 5 rings (SSSR count). The third-order valence-electron chi connectivity index (χ3n) is 8.13. The zero-order chi connectivity index (χ0) is 31.8. The van der Waals surface area contributed by atoms with Crippen molar-refractivity contribution in [3.05, 3.63) is 118 Å². The number of nitrogens with zero attached hydrogens (tertiary/aromatic N) is 4. The first-order valence-corrected chi connectivity index (χ1v) is 15.6. The number of para-hydroxylation sites is 1. The second-order valence-corrected chi connectivity index (χ2v) is 11.7. The predicted octanol–water partition coefficient (Wildman–Crippen LogP) is 5.41. The largest absolute Gasteiger partial charge is 0.492 e. The molecule has 0 saturated heterocycles. The number of nitrogens with one attached hydrogen (secondary N) is 1. The molecule has 2 amide bonds. The van der Waals surface area contributed by atoms with E-state index in [1.807, 2.05) is 61.1 Å². The van der Waals surface area contributed by atoms with E-state index in [2.05, 4.69) is 32.8 Å². The zero-order valence-electron chi connectivity index (χ0n) is 25.3. The van der Waals surface area contributed by atoms with Crippen LogP contribution < -0.4 is 15.8 Å². The number of halogens is 1. The average molecular weight is 625 g/mol. The van der Waals surface area contributed by atoms with Gasteiger partial charge in [0.25, 0.3) is 5.91 Å². The van der Waals surface area contributed by atoms with E-state index in [4.69, 9.17) is 27.3 Å². The molecule has 1 unspecified atom stereocenters. The van der Waals surface area contributed by atoms with Gasteiger partial charge in [0.2, 0.25) is 5.91 Å². The number of unbranched alkanes of at least 4 members (excludes halogenated alkanes) is 1. The Morgan fingerprint density at radius 1 is 1.16 bits per heavy atom. The lowest BCUT2D eigenvalue weighted by molar-refractivity contribution is -0.119. The van der Waals surface area contributed by atoms with Gasteiger partial charge in [-0.15, -0.1) is 0 Å². The Kier molecular flexibility index (Phi) is 10.5. The summed E-state index contributed by atoms with van der Waals surface area (Å²) >= 11 is 6.00. The lowest BCUT2D eigenvalue weighted by atomic mass is 9.95. The number of amides is 2. The van der Waals surface area contributed by atoms with Gasteiger partial charge in [-0.05, 0) is 54.4 Å². The average Bonchev–Trinajstić information content (AvgIpc) is 3.49. The van der Waals surface area contributed by atoms with Gasteiger partial charge in [0, 0.05) is 48.8 Å². The number of imidazole rings is 1. The topological polar surface area (TPSA) is 126 Å². The van der Waals surface area contributed by atoms with Gasteiger partial charge >= 0.3 is 0 Å². The SMILES string of the molecule is CCCCN(Cc1cncn1Cc1ccc(C#N)cc1)C1CCOc2c(C(=O)N[C@@H](Cc3ccc(Cl)cc3)C(N)=O)cccc21. The number of hydrogen-bond donors (Lipinski definition) is 2. The number of carbonyl (C=O) groups is 2. The van der Waals surface area contributed by atoms with Crippen molar-refractivity contribution < 1.29 is 14.3 Å². The number of ether oxygens (including phenoxy) is 1. The summed E-state index contributed by atoms with van der Waals surface area (Å²) in [6.07, 6.45) is 6.81. The first-order valence-electron chi connectivity index (χ1n) is 15.2. The van der Waals surface area contributed by atoms with Crippen molar-refractivity contribution >= 4 is 23.4 Å². The maximum absolute atomic E-state index is 13.6. The molecule has 4 aromatic rings. The van der Waals surface area contributed by atoms with E-state index >= 15 is 0 Å². The Hall–Kier alpha value is -4.65. The molecule has 1 aromatic heterocycles. The molecule has 3 N–H and O–H groups in total. The number of aromatic nitrogens is 2. The molecule has 2 atom stereocenters. The third-order valence-corrected chi connectivity index (χ3v) is 8.38. The monoisotopic (exact) mass is 624 g/mol. The maximum atomic E-state index is 13.6. The molecule has 0 bridgehead atoms. The fraction of sp³-hybridized carbons (Fsp3) is 0.314. The Morgan fingerprint density at radius 2 is 1.91 bits per heavy atom. The number of nitriles is 1. The van der Waals surface area contributed by atoms with E-state index in [9.17, 15) is 9.59 Å². The summed E-state index contributed by atoms with van der Waals surface area (Å²) in [5, 5.41) is 12.6. The molecule has 45 heavy (non-hydrogen) atoms. The van der Waals surface area contributed by atoms with Crippen LogP contribution in [0.4, 0.5) is 0 Å². The first kappa shape index (κ1) is 31.8. The van der Waals surface area contributed by atoms with Crippen LogP contribution in [0.2, 0.25) is 5.02 Å². The maximum Gasteiger partial charge on any atom is 0.255 e. The van der Waals surface area contributed by atoms with Gasteiger partial charge in [0.15, 0.2) is 0 Å². The van der Waals surface area contributed by atoms with Gasteiger partial charge in [0.05, 0.1) is 35.8 Å². The van der Waals surface area contributed by atoms with Crippen molar-refractivity contribution in [2.75, 3.05) is 13.2 Å². The number of primary amides is 1. The molecule has 2 heterocycles. The van der Waals surface area contributed by atoms with Crippen molar-refractivity contribution in [2.24, 2.45) is 5.73 Å². The normalized spacial score (nSPS) is 14.7. The van der Waals surface area contributed by atoms with Crippen molar-refractivity contribution in [3.63, 3.8) is 0 Å². The summed E-state index contributed by atoms with van der Waals surface area (Å²) in [5.41, 5.74) is 10.6. The Bertz CT molecular complexity index is 1660. The minimum Gasteiger partial charge on any atom is -0.492 e. The van der Waals surface area contributed by atoms with E-state index in [1.54, 1.807) is 18.2 Å². The predicted molar refractivity (Wildman–Crippen MR) is 173 cm³/mol. The first-order chi connectivity index (χ1) is 21.9. The summed E-state index contributed by atoms with van der Waals surface area (Å²) in [4.78, 5) is 32.8. The Labute approximate surface area is 268 Å². The van der Waals surface area contributed by atoms with Crippen LogP contribution in [0.15, 0.2) is 79.3 Å². The number of rotatable bonds is 13. The number of carbonyl (C=O) groups excluding carboxylic acids is 2. The molecular formula is C35H37ClN6O3. The molecule has 3 aromatic carbocycles. The van der Waals surface area contributed by atoms with E-state index in [-0.39, 0.29) is 12.5 Å². The summed E-state index contributed by atoms with van der Waals surface area (Å²) in [6, 6.07) is 21.6. The molecule has 10 heteroatoms. The van der Waals surface area contributed by atoms with Gasteiger partial charge in [0.1, 0.15) is 11.8 Å². The minimum absolute atomic E-state index is 0.0207. The van der Waals surface area contributed by atoms with Crippen molar-refractivity contribution in [1.82, 2.24) is 19.8 Å². The van der Waals surface area contributed by atoms with Crippen LogP contribution in [-0.4, -0.2) is 45.5 Å². The van der Waals surface area contributed by atoms with Gasteiger partial charge in [-0.2, -0.15) is 5.26 Å². The molecule has 0 spiro atoms. The minimum atomic E-state index is -0.897. The van der Waals surface area contributed by atoms with Crippen LogP contribution in [-0.2, 0) is 24.3 Å². The van der Waals surface area contributed by atoms with Crippen LogP contribution in [0.1, 0.15) is 70.5 Å². The van der Waals surface area contributed by atoms with E-state index in [1.165, 1.54) is 0 Å². The van der Waals surface area contributed by atoms with Crippen LogP contribution in [0.25, 0.3) is 0 Å². The van der Waals surface area contributed by atoms with Crippen molar-refractivity contribution in [1.29, 1.82) is 5.26 Å². The molecule has 0 aliphatic carbocycles. The summed E-state index contributed by atoms with van der Waals surface area (Å²) < 4.78 is 8.27. The van der Waals surface area contributed by atoms with Crippen LogP contribution in [0, 0.1) is 11.3 Å². The highest BCUT2D eigenvalue weighted by atomic mass is 35.5. The molecular weight excluding hydrogens is 588 g/mol. The second-order valence-electron chi connectivity index (χ2n) is 11.3. The molecule has 1 aliphatic heterocycles. The molecule has 0 fully saturated rings. The van der Waals surface area contributed by atoms with Crippen molar-refractivity contribution in [2.45, 2.75) is 57.8 Å². The van der Waals surface area contributed by atoms with Gasteiger partial charge < -0.3 is 20.4 Å². The third kappa shape index (κ3) is 7.90. The van der Waals surface area contributed by atoms with E-state index in [0.717, 1.165) is 48.2 Å². The van der Waals surface area contributed by atoms with Gasteiger partial charge in [-0.3, -0.25) is 14.5 Å². The molecule has 1 aliphatic rings. The summed E-state index contributed by atoms with van der Waals surface area (Å²) in [6.45, 7) is 4.81. The highest BCUT2D eigenvalue weighted by Crippen LogP contribution is 2.39. The number of nitrogens with two attached hydrogens (primary N) is 1. The Balaban J connectivity index is 1.36. The number of benzene rings is 3. The Morgan fingerprint density at radius 3 is 2.62 bits per heavy atom. The fourth-order valence-electron chi connectivity index (χ4n) is 5.70. The van der Waals surface area contributed by atoms with Gasteiger partial charge in [-0.25, -0.2) is 4.98 Å². The number of hydrogen-bond acceptors (Lipinski definition) is 6. The standard InChI is InChI=1S/C35H37ClN6O3/c1-2-3-16-41(22-28-20-39-23-42(28)21-26-9-7-25(19-37)8-10-26)32-15-17-45-33-29(32)5-4-6-30(33)35(44)40-31(34(38)43)18-24-11-13-27(36)14-12-24/h4-14,20,23,31-32H,2-3,15-18,21-22H2,1H3,(H2,38,43)(H,40,44)/t31-,32?/m0/s1. The molecule has 0 radical (unpaired) electrons. The smallest absolute Gasteiger partial charge is 0.255 e. The van der Waals surface area contributed by atoms with E-state index in [0.29, 0.717) is 41.6 Å². The zero-order valence-corrected chi connectivity index (χ0v) is 26.0. The van der Waals surface area contributed by atoms with Gasteiger partial charge in [-0.1, -0.05) is 61.3 Å². The second kappa shape index (κ2) is 14.9. The van der Waals surface area contributed by atoms with Crippen LogP contribution in [0.5, 0.6) is 5.75 Å². The lowest BCUT2D eigenvalue weighted by Crippen LogP contribution is -2.46. The fourth-order valence-corrected chi connectivity index (χ4v) is 5.82. The summed E-state index contributed by atoms with van der Waals surface area (Å²) in [7, 11) is 0. The highest BCUT2D eigenvalue weighted by Gasteiger charge is 2.31. The molecule has 0 saturated carbocycles. The van der Waals surface area contributed by atoms with E-state index < -0.39 is 17.9 Å². The lowest BCUT2D eigenvalue weighted by Gasteiger charge is -2.36. The van der Waals surface area contributed by atoms with Crippen LogP contribution in [0.3, 0.4) is 0 Å². The summed E-state index contributed by atoms with van der Waals surface area (Å²) in [5.74, 6) is -0.496. The molecule has 232 valence electrons. The highest BCUT2D eigenvalue weighted by molar-refractivity contribution is 6.30. The van der Waals surface area contributed by atoms with Crippen molar-refractivity contribution in [3.8, 4) is 11.8 Å². The quantitative estimate of drug-likeness (QED) is 0.205. The van der Waals surface area contributed by atoms with Crippen LogP contribution >= 0.6 is 11.6 Å². The number of fused-ring (bicyclic) bond motifs is 1.